The number of nitrogens with one attached hydrogen (secondary N) is 2. The minimum Gasteiger partial charge on any atom is -0.486 e. The minimum atomic E-state index is -0.210. The number of nitrogens with zero attached hydrogens (tertiary/aromatic N) is 3. The van der Waals surface area contributed by atoms with Crippen LogP contribution in [0.5, 0.6) is 5.75 Å². The van der Waals surface area contributed by atoms with Crippen molar-refractivity contribution in [1.29, 1.82) is 0 Å². The Morgan fingerprint density at radius 3 is 2.79 bits per heavy atom. The molecule has 3 aromatic rings. The monoisotopic (exact) mass is 395 g/mol. The van der Waals surface area contributed by atoms with Gasteiger partial charge in [-0.1, -0.05) is 6.92 Å². The van der Waals surface area contributed by atoms with Crippen molar-refractivity contribution in [2.75, 3.05) is 20.1 Å². The first-order valence-electron chi connectivity index (χ1n) is 9.79. The van der Waals surface area contributed by atoms with E-state index in [2.05, 4.69) is 20.2 Å². The highest BCUT2D eigenvalue weighted by Gasteiger charge is 2.29. The number of hydrogen-bond acceptors (Lipinski definition) is 5. The zero-order chi connectivity index (χ0) is 20.5. The molecule has 3 aromatic heterocycles. The smallest absolute Gasteiger partial charge is 0.269 e. The Labute approximate surface area is 168 Å². The number of aromatic nitrogens is 3. The minimum absolute atomic E-state index is 0.0204. The Bertz CT molecular complexity index is 1110. The third-order valence-electron chi connectivity index (χ3n) is 5.31. The Hall–Kier alpha value is -3.13. The first-order chi connectivity index (χ1) is 14.0. The summed E-state index contributed by atoms with van der Waals surface area (Å²) in [5.74, 6) is 0.492. The number of carbonyl (C=O) groups is 1. The average molecular weight is 395 g/mol. The number of ether oxygens (including phenoxy) is 1. The highest BCUT2D eigenvalue weighted by atomic mass is 16.5. The van der Waals surface area contributed by atoms with Gasteiger partial charge in [0.1, 0.15) is 23.2 Å². The quantitative estimate of drug-likeness (QED) is 0.660. The van der Waals surface area contributed by atoms with Crippen molar-refractivity contribution in [1.82, 2.24) is 24.6 Å². The van der Waals surface area contributed by atoms with Crippen molar-refractivity contribution in [3.05, 3.63) is 63.5 Å². The van der Waals surface area contributed by atoms with Crippen molar-refractivity contribution in [2.24, 2.45) is 0 Å². The van der Waals surface area contributed by atoms with Crippen molar-refractivity contribution in [2.45, 2.75) is 32.9 Å². The molecule has 8 heteroatoms. The zero-order valence-corrected chi connectivity index (χ0v) is 16.9. The van der Waals surface area contributed by atoms with E-state index < -0.39 is 0 Å². The fraction of sp³-hybridized carbons (Fsp3) is 0.381. The molecule has 0 bridgehead atoms. The molecule has 0 aliphatic carbocycles. The number of likely N-dealkylation sites (tertiary alicyclic amines) is 1. The number of aromatic amines is 1. The van der Waals surface area contributed by atoms with Gasteiger partial charge in [0.05, 0.1) is 5.69 Å². The largest absolute Gasteiger partial charge is 0.486 e. The lowest BCUT2D eigenvalue weighted by Crippen LogP contribution is -2.53. The lowest BCUT2D eigenvalue weighted by atomic mass is 10.1. The number of carbonyl (C=O) groups excluding carboxylic acids is 1. The van der Waals surface area contributed by atoms with Crippen molar-refractivity contribution in [3.63, 3.8) is 0 Å². The molecule has 0 radical (unpaired) electrons. The van der Waals surface area contributed by atoms with E-state index in [1.807, 2.05) is 36.7 Å². The van der Waals surface area contributed by atoms with Gasteiger partial charge in [0.25, 0.3) is 11.5 Å². The molecule has 0 aromatic carbocycles. The summed E-state index contributed by atoms with van der Waals surface area (Å²) in [6.07, 6.45) is 4.68. The molecule has 1 amide bonds. The van der Waals surface area contributed by atoms with Gasteiger partial charge in [-0.3, -0.25) is 14.5 Å². The van der Waals surface area contributed by atoms with Crippen LogP contribution in [0.4, 0.5) is 0 Å². The van der Waals surface area contributed by atoms with E-state index in [0.29, 0.717) is 23.6 Å². The van der Waals surface area contributed by atoms with Crippen LogP contribution < -0.4 is 15.6 Å². The van der Waals surface area contributed by atoms with Crippen LogP contribution in [0.15, 0.2) is 35.4 Å². The predicted octanol–water partition coefficient (Wildman–Crippen LogP) is 1.52. The van der Waals surface area contributed by atoms with E-state index >= 15 is 0 Å². The second kappa shape index (κ2) is 7.71. The number of pyridine rings is 1. The van der Waals surface area contributed by atoms with Crippen LogP contribution in [0.25, 0.3) is 5.65 Å². The molecule has 4 heterocycles. The molecule has 0 unspecified atom stereocenters. The van der Waals surface area contributed by atoms with Gasteiger partial charge in [0, 0.05) is 50.2 Å². The maximum atomic E-state index is 12.1. The predicted molar refractivity (Wildman–Crippen MR) is 109 cm³/mol. The van der Waals surface area contributed by atoms with Crippen molar-refractivity contribution in [3.8, 4) is 5.75 Å². The molecule has 1 fully saturated rings. The summed E-state index contributed by atoms with van der Waals surface area (Å²) in [5.41, 5.74) is 3.79. The van der Waals surface area contributed by atoms with Gasteiger partial charge >= 0.3 is 0 Å². The number of amides is 1. The fourth-order valence-electron chi connectivity index (χ4n) is 3.61. The molecular formula is C21H25N5O3. The molecule has 2 N–H and O–H groups in total. The van der Waals surface area contributed by atoms with E-state index in [4.69, 9.17) is 4.74 Å². The second-order valence-electron chi connectivity index (χ2n) is 7.35. The van der Waals surface area contributed by atoms with E-state index in [9.17, 15) is 9.59 Å². The van der Waals surface area contributed by atoms with Crippen LogP contribution in [0.3, 0.4) is 0 Å². The van der Waals surface area contributed by atoms with Crippen LogP contribution in [-0.4, -0.2) is 51.4 Å². The summed E-state index contributed by atoms with van der Waals surface area (Å²) in [6.45, 7) is 6.16. The van der Waals surface area contributed by atoms with E-state index in [0.717, 1.165) is 36.4 Å². The highest BCUT2D eigenvalue weighted by Crippen LogP contribution is 2.23. The standard InChI is InChI=1S/C21H25N5O3/c1-4-14-10-26-8-7-15(19(26)24-20(14)27)9-25-11-16(12-25)29-18-6-5-17(21(28)22-3)23-13(18)2/h5-8,10,16H,4,9,11-12H2,1-3H3,(H,22,28)(H,24,27). The second-order valence-corrected chi connectivity index (χ2v) is 7.35. The average Bonchev–Trinajstić information content (AvgIpc) is 3.07. The maximum absolute atomic E-state index is 12.1. The lowest BCUT2D eigenvalue weighted by Gasteiger charge is -2.39. The molecule has 0 saturated carbocycles. The number of H-pyrrole nitrogens is 1. The lowest BCUT2D eigenvalue weighted by molar-refractivity contribution is 0.0141. The van der Waals surface area contributed by atoms with E-state index in [1.165, 1.54) is 0 Å². The van der Waals surface area contributed by atoms with Crippen LogP contribution in [-0.2, 0) is 13.0 Å². The van der Waals surface area contributed by atoms with Crippen LogP contribution in [0.2, 0.25) is 0 Å². The SMILES string of the molecule is CCc1cn2ccc(CN3CC(Oc4ccc(C(=O)NC)nc4C)C3)c2[nH]c1=O. The summed E-state index contributed by atoms with van der Waals surface area (Å²) < 4.78 is 8.02. The van der Waals surface area contributed by atoms with Gasteiger partial charge in [-0.2, -0.15) is 0 Å². The third-order valence-corrected chi connectivity index (χ3v) is 5.31. The Kier molecular flexibility index (Phi) is 5.10. The molecule has 0 spiro atoms. The summed E-state index contributed by atoms with van der Waals surface area (Å²) in [6, 6.07) is 5.52. The van der Waals surface area contributed by atoms with Crippen LogP contribution in [0.1, 0.15) is 34.2 Å². The fourth-order valence-corrected chi connectivity index (χ4v) is 3.61. The first kappa shape index (κ1) is 19.2. The van der Waals surface area contributed by atoms with E-state index in [1.54, 1.807) is 19.2 Å². The Morgan fingerprint density at radius 1 is 1.31 bits per heavy atom. The van der Waals surface area contributed by atoms with E-state index in [-0.39, 0.29) is 17.6 Å². The summed E-state index contributed by atoms with van der Waals surface area (Å²) in [5, 5.41) is 2.57. The summed E-state index contributed by atoms with van der Waals surface area (Å²) >= 11 is 0. The molecule has 29 heavy (non-hydrogen) atoms. The molecule has 152 valence electrons. The molecular weight excluding hydrogens is 370 g/mol. The number of hydrogen-bond donors (Lipinski definition) is 2. The van der Waals surface area contributed by atoms with Gasteiger partial charge < -0.3 is 19.4 Å². The molecule has 1 aliphatic heterocycles. The van der Waals surface area contributed by atoms with Gasteiger partial charge in [-0.25, -0.2) is 4.98 Å². The van der Waals surface area contributed by atoms with Crippen molar-refractivity contribution >= 4 is 11.6 Å². The normalized spacial score (nSPS) is 14.7. The Balaban J connectivity index is 1.37. The number of rotatable bonds is 6. The molecule has 1 saturated heterocycles. The van der Waals surface area contributed by atoms with Gasteiger partial charge in [0.2, 0.25) is 0 Å². The molecule has 4 rings (SSSR count). The maximum Gasteiger partial charge on any atom is 0.269 e. The molecule has 0 atom stereocenters. The van der Waals surface area contributed by atoms with Crippen LogP contribution >= 0.6 is 0 Å². The number of fused-ring (bicyclic) bond motifs is 1. The topological polar surface area (TPSA) is 91.7 Å². The van der Waals surface area contributed by atoms with Gasteiger partial charge in [-0.15, -0.1) is 0 Å². The number of aryl methyl sites for hydroxylation is 2. The van der Waals surface area contributed by atoms with Gasteiger partial charge in [-0.05, 0) is 31.5 Å². The zero-order valence-electron chi connectivity index (χ0n) is 16.9. The molecule has 1 aliphatic rings. The van der Waals surface area contributed by atoms with Crippen LogP contribution in [0, 0.1) is 6.92 Å². The summed E-state index contributed by atoms with van der Waals surface area (Å²) in [4.78, 5) is 33.4. The highest BCUT2D eigenvalue weighted by molar-refractivity contribution is 5.92. The Morgan fingerprint density at radius 2 is 2.10 bits per heavy atom. The summed E-state index contributed by atoms with van der Waals surface area (Å²) in [7, 11) is 1.58. The third kappa shape index (κ3) is 3.75. The molecule has 8 nitrogen and oxygen atoms in total. The van der Waals surface area contributed by atoms with Crippen molar-refractivity contribution < 1.29 is 9.53 Å². The van der Waals surface area contributed by atoms with Gasteiger partial charge in [0.15, 0.2) is 0 Å². The first-order valence-corrected chi connectivity index (χ1v) is 9.79.